The van der Waals surface area contributed by atoms with Crippen molar-refractivity contribution in [3.05, 3.63) is 68.6 Å². The maximum Gasteiger partial charge on any atom is 0.489 e. The molecule has 2 atom stereocenters. The van der Waals surface area contributed by atoms with Gasteiger partial charge >= 0.3 is 11.9 Å². The molecule has 0 amide bonds. The maximum absolute atomic E-state index is 11.8. The van der Waals surface area contributed by atoms with Gasteiger partial charge in [0, 0.05) is 8.95 Å². The van der Waals surface area contributed by atoms with E-state index >= 15 is 0 Å². The highest BCUT2D eigenvalue weighted by Gasteiger charge is 2.40. The van der Waals surface area contributed by atoms with Gasteiger partial charge < -0.3 is 15.0 Å². The molecular formula is C16H13Br2O4+. The zero-order valence-electron chi connectivity index (χ0n) is 11.3. The number of aliphatic hydroxyl groups excluding tert-OH is 1. The van der Waals surface area contributed by atoms with E-state index in [-0.39, 0.29) is 0 Å². The molecule has 0 saturated carbocycles. The summed E-state index contributed by atoms with van der Waals surface area (Å²) in [6.07, 6.45) is 0. The van der Waals surface area contributed by atoms with Crippen molar-refractivity contribution in [3.63, 3.8) is 0 Å². The molecule has 0 aliphatic rings. The second kappa shape index (κ2) is 7.07. The Balaban J connectivity index is 2.56. The van der Waals surface area contributed by atoms with E-state index < -0.39 is 23.8 Å². The molecule has 2 unspecified atom stereocenters. The Labute approximate surface area is 144 Å². The third kappa shape index (κ3) is 3.75. The summed E-state index contributed by atoms with van der Waals surface area (Å²) >= 11 is 6.61. The van der Waals surface area contributed by atoms with Gasteiger partial charge in [0.2, 0.25) is 0 Å². The Bertz CT molecular complexity index is 653. The van der Waals surface area contributed by atoms with Crippen LogP contribution in [0.1, 0.15) is 23.0 Å². The lowest BCUT2D eigenvalue weighted by atomic mass is 9.81. The van der Waals surface area contributed by atoms with Crippen LogP contribution < -0.4 is 0 Å². The van der Waals surface area contributed by atoms with Crippen molar-refractivity contribution in [2.24, 2.45) is 0 Å². The number of benzene rings is 2. The van der Waals surface area contributed by atoms with E-state index in [4.69, 9.17) is 0 Å². The first-order valence-corrected chi connectivity index (χ1v) is 7.97. The SMILES string of the molecule is O=C(O)C(c1cccc(Br)c1)C(C(O)=[OH+])c1cccc(Br)c1. The fourth-order valence-electron chi connectivity index (χ4n) is 2.37. The van der Waals surface area contributed by atoms with Crippen molar-refractivity contribution < 1.29 is 19.8 Å². The van der Waals surface area contributed by atoms with Crippen molar-refractivity contribution in [3.8, 4) is 0 Å². The molecule has 0 aliphatic heterocycles. The summed E-state index contributed by atoms with van der Waals surface area (Å²) in [7, 11) is 0. The lowest BCUT2D eigenvalue weighted by Gasteiger charge is -2.19. The van der Waals surface area contributed by atoms with Crippen LogP contribution in [0, 0.1) is 0 Å². The fraction of sp³-hybridized carbons (Fsp3) is 0.125. The van der Waals surface area contributed by atoms with E-state index in [0.29, 0.717) is 11.1 Å². The molecule has 6 heteroatoms. The zero-order chi connectivity index (χ0) is 16.3. The number of carboxylic acids is 2. The summed E-state index contributed by atoms with van der Waals surface area (Å²) in [5.41, 5.74) is 0.981. The predicted octanol–water partition coefficient (Wildman–Crippen LogP) is 4.22. The number of aliphatic carboxylic acids is 2. The molecule has 0 spiro atoms. The first kappa shape index (κ1) is 16.7. The average molecular weight is 429 g/mol. The van der Waals surface area contributed by atoms with Crippen molar-refractivity contribution in [1.29, 1.82) is 0 Å². The van der Waals surface area contributed by atoms with Gasteiger partial charge in [0.25, 0.3) is 0 Å². The molecule has 0 aliphatic carbocycles. The van der Waals surface area contributed by atoms with E-state index in [1.165, 1.54) is 0 Å². The van der Waals surface area contributed by atoms with Gasteiger partial charge in [-0.15, -0.1) is 0 Å². The third-order valence-corrected chi connectivity index (χ3v) is 4.28. The summed E-state index contributed by atoms with van der Waals surface area (Å²) in [5, 5.41) is 19.3. The minimum absolute atomic E-state index is 0.479. The first-order chi connectivity index (χ1) is 10.4. The van der Waals surface area contributed by atoms with E-state index in [0.717, 1.165) is 8.95 Å². The lowest BCUT2D eigenvalue weighted by Crippen LogP contribution is -2.26. The molecular weight excluding hydrogens is 416 g/mol. The Morgan fingerprint density at radius 1 is 0.909 bits per heavy atom. The largest absolute Gasteiger partial charge is 0.489 e. The molecule has 2 aromatic carbocycles. The minimum atomic E-state index is -1.14. The Morgan fingerprint density at radius 2 is 1.36 bits per heavy atom. The van der Waals surface area contributed by atoms with Gasteiger partial charge in [-0.1, -0.05) is 56.1 Å². The number of halogens is 2. The second-order valence-corrected chi connectivity index (χ2v) is 6.59. The van der Waals surface area contributed by atoms with Crippen LogP contribution >= 0.6 is 31.9 Å². The van der Waals surface area contributed by atoms with E-state index in [9.17, 15) is 19.8 Å². The lowest BCUT2D eigenvalue weighted by molar-refractivity contribution is -0.139. The second-order valence-electron chi connectivity index (χ2n) is 4.76. The molecule has 2 rings (SSSR count). The summed E-state index contributed by atoms with van der Waals surface area (Å²) < 4.78 is 1.45. The average Bonchev–Trinajstić information content (AvgIpc) is 2.43. The zero-order valence-corrected chi connectivity index (χ0v) is 14.5. The van der Waals surface area contributed by atoms with Gasteiger partial charge in [0.05, 0.1) is 0 Å². The van der Waals surface area contributed by atoms with Crippen LogP contribution in [0.4, 0.5) is 0 Å². The number of carbonyl (C=O) groups is 1. The Kier molecular flexibility index (Phi) is 5.37. The number of hydrogen-bond acceptors (Lipinski definition) is 1. The molecule has 3 N–H and O–H groups in total. The van der Waals surface area contributed by atoms with Crippen LogP contribution in [0.5, 0.6) is 0 Å². The predicted molar refractivity (Wildman–Crippen MR) is 91.0 cm³/mol. The van der Waals surface area contributed by atoms with E-state index in [2.05, 4.69) is 31.9 Å². The topological polar surface area (TPSA) is 78.9 Å². The van der Waals surface area contributed by atoms with E-state index in [1.807, 2.05) is 0 Å². The van der Waals surface area contributed by atoms with Crippen LogP contribution in [-0.2, 0) is 4.79 Å². The van der Waals surface area contributed by atoms with Gasteiger partial charge in [-0.3, -0.25) is 4.79 Å². The van der Waals surface area contributed by atoms with Crippen LogP contribution in [0.2, 0.25) is 0 Å². The van der Waals surface area contributed by atoms with Crippen molar-refractivity contribution in [2.75, 3.05) is 0 Å². The van der Waals surface area contributed by atoms with Gasteiger partial charge in [-0.25, -0.2) is 0 Å². The van der Waals surface area contributed by atoms with Crippen molar-refractivity contribution >= 4 is 43.8 Å². The molecule has 0 radical (unpaired) electrons. The molecule has 0 bridgehead atoms. The van der Waals surface area contributed by atoms with Gasteiger partial charge in [0.15, 0.2) is 5.92 Å². The van der Waals surface area contributed by atoms with Gasteiger partial charge in [0.1, 0.15) is 5.92 Å². The summed E-state index contributed by atoms with van der Waals surface area (Å²) in [4.78, 5) is 21.4. The first-order valence-electron chi connectivity index (χ1n) is 6.38. The van der Waals surface area contributed by atoms with Crippen LogP contribution in [0.3, 0.4) is 0 Å². The highest BCUT2D eigenvalue weighted by atomic mass is 79.9. The summed E-state index contributed by atoms with van der Waals surface area (Å²) in [6, 6.07) is 13.6. The summed E-state index contributed by atoms with van der Waals surface area (Å²) in [6.45, 7) is 0. The smallest absolute Gasteiger partial charge is 0.481 e. The summed E-state index contributed by atoms with van der Waals surface area (Å²) in [5.74, 6) is -4.24. The van der Waals surface area contributed by atoms with E-state index in [1.54, 1.807) is 48.5 Å². The number of hydrogen-bond donors (Lipinski definition) is 2. The molecule has 4 nitrogen and oxygen atoms in total. The molecule has 114 valence electrons. The molecule has 0 aromatic heterocycles. The Morgan fingerprint density at radius 3 is 1.73 bits per heavy atom. The van der Waals surface area contributed by atoms with Gasteiger partial charge in [-0.2, -0.15) is 0 Å². The monoisotopic (exact) mass is 427 g/mol. The highest BCUT2D eigenvalue weighted by molar-refractivity contribution is 9.10. The van der Waals surface area contributed by atoms with Gasteiger partial charge in [-0.05, 0) is 35.4 Å². The molecule has 2 aromatic rings. The Hall–Kier alpha value is -1.66. The molecule has 22 heavy (non-hydrogen) atoms. The third-order valence-electron chi connectivity index (χ3n) is 3.29. The van der Waals surface area contributed by atoms with Crippen LogP contribution in [0.25, 0.3) is 0 Å². The van der Waals surface area contributed by atoms with Crippen LogP contribution in [0.15, 0.2) is 57.5 Å². The van der Waals surface area contributed by atoms with Crippen molar-refractivity contribution in [1.82, 2.24) is 0 Å². The molecule has 0 fully saturated rings. The minimum Gasteiger partial charge on any atom is -0.481 e. The standard InChI is InChI=1S/C16H12Br2O4/c17-11-5-1-3-9(7-11)13(15(19)20)14(16(21)22)10-4-2-6-12(18)8-10/h1-8,13-14H,(H,19,20)(H,21,22)/p+1. The van der Waals surface area contributed by atoms with Crippen LogP contribution in [-0.4, -0.2) is 26.9 Å². The number of rotatable bonds is 5. The maximum atomic E-state index is 11.8. The van der Waals surface area contributed by atoms with Crippen molar-refractivity contribution in [2.45, 2.75) is 11.8 Å². The molecule has 0 heterocycles. The quantitative estimate of drug-likeness (QED) is 0.699. The highest BCUT2D eigenvalue weighted by Crippen LogP contribution is 2.35. The number of carboxylic acid groups (broad SMARTS) is 2. The normalized spacial score (nSPS) is 13.4. The molecule has 0 saturated heterocycles. The fourth-order valence-corrected chi connectivity index (χ4v) is 3.20.